The van der Waals surface area contributed by atoms with Gasteiger partial charge in [0.1, 0.15) is 12.4 Å². The summed E-state index contributed by atoms with van der Waals surface area (Å²) in [5.41, 5.74) is 9.17. The van der Waals surface area contributed by atoms with Crippen LogP contribution in [-0.2, 0) is 19.4 Å². The zero-order valence-electron chi connectivity index (χ0n) is 15.8. The number of nitrogen functional groups attached to an aromatic ring is 1. The molecular weight excluding hydrogens is 368 g/mol. The van der Waals surface area contributed by atoms with E-state index in [2.05, 4.69) is 33.1 Å². The molecule has 0 saturated heterocycles. The Morgan fingerprint density at radius 3 is 2.93 bits per heavy atom. The van der Waals surface area contributed by atoms with Crippen LogP contribution in [0.2, 0.25) is 0 Å². The molecule has 0 saturated carbocycles. The van der Waals surface area contributed by atoms with Crippen LogP contribution in [0.5, 0.6) is 5.75 Å². The van der Waals surface area contributed by atoms with Crippen LogP contribution in [0.4, 0.5) is 5.13 Å². The fourth-order valence-corrected chi connectivity index (χ4v) is 4.20. The number of para-hydroxylation sites is 1. The Morgan fingerprint density at radius 2 is 2.04 bits per heavy atom. The third kappa shape index (κ3) is 4.77. The fourth-order valence-electron chi connectivity index (χ4n) is 3.34. The molecule has 1 aliphatic rings. The molecule has 0 bridgehead atoms. The largest absolute Gasteiger partial charge is 0.488 e. The van der Waals surface area contributed by atoms with Gasteiger partial charge in [0, 0.05) is 54.5 Å². The topological polar surface area (TPSA) is 64.3 Å². The number of pyridine rings is 1. The van der Waals surface area contributed by atoms with E-state index in [0.29, 0.717) is 11.7 Å². The molecule has 4 rings (SSSR count). The number of nitrogens with two attached hydrogens (primary N) is 1. The SMILES string of the molecule is Nc1nc2c(s1)CCN(CC=Cc1ccccc1OCc1cccnc1)CC2. The lowest BCUT2D eigenvalue weighted by Crippen LogP contribution is -2.26. The molecule has 6 heteroatoms. The monoisotopic (exact) mass is 392 g/mol. The van der Waals surface area contributed by atoms with Crippen LogP contribution in [-0.4, -0.2) is 34.5 Å². The first kappa shape index (κ1) is 18.7. The summed E-state index contributed by atoms with van der Waals surface area (Å²) in [6.07, 6.45) is 9.97. The average Bonchev–Trinajstić information content (AvgIpc) is 2.98. The van der Waals surface area contributed by atoms with Gasteiger partial charge in [-0.15, -0.1) is 11.3 Å². The van der Waals surface area contributed by atoms with Crippen LogP contribution in [0.15, 0.2) is 54.9 Å². The number of fused-ring (bicyclic) bond motifs is 1. The molecule has 144 valence electrons. The van der Waals surface area contributed by atoms with Gasteiger partial charge in [-0.05, 0) is 18.6 Å². The molecule has 2 aromatic heterocycles. The molecule has 1 aliphatic heterocycles. The van der Waals surface area contributed by atoms with Crippen molar-refractivity contribution in [2.24, 2.45) is 0 Å². The maximum Gasteiger partial charge on any atom is 0.180 e. The molecule has 5 nitrogen and oxygen atoms in total. The highest BCUT2D eigenvalue weighted by Crippen LogP contribution is 2.24. The molecular formula is C22H24N4OS. The predicted octanol–water partition coefficient (Wildman–Crippen LogP) is 3.81. The number of anilines is 1. The van der Waals surface area contributed by atoms with E-state index in [1.54, 1.807) is 17.5 Å². The number of rotatable bonds is 6. The third-order valence-corrected chi connectivity index (χ3v) is 5.80. The second kappa shape index (κ2) is 8.99. The lowest BCUT2D eigenvalue weighted by molar-refractivity contribution is 0.305. The van der Waals surface area contributed by atoms with Gasteiger partial charge >= 0.3 is 0 Å². The highest BCUT2D eigenvalue weighted by atomic mass is 32.1. The van der Waals surface area contributed by atoms with Crippen molar-refractivity contribution in [2.75, 3.05) is 25.4 Å². The molecule has 0 fully saturated rings. The van der Waals surface area contributed by atoms with Crippen LogP contribution in [0.25, 0.3) is 6.08 Å². The average molecular weight is 393 g/mol. The van der Waals surface area contributed by atoms with Crippen LogP contribution < -0.4 is 10.5 Å². The minimum atomic E-state index is 0.517. The first-order chi connectivity index (χ1) is 13.8. The standard InChI is InChI=1S/C22H24N4OS/c23-22-25-19-9-13-26(14-10-21(19)28-22)12-4-7-18-6-1-2-8-20(18)27-16-17-5-3-11-24-15-17/h1-8,11,15H,9-10,12-14,16H2,(H2,23,25). The summed E-state index contributed by atoms with van der Waals surface area (Å²) >= 11 is 1.63. The molecule has 2 N–H and O–H groups in total. The van der Waals surface area contributed by atoms with Gasteiger partial charge in [0.25, 0.3) is 0 Å². The Bertz CT molecular complexity index is 913. The van der Waals surface area contributed by atoms with E-state index in [4.69, 9.17) is 10.5 Å². The number of hydrogen-bond acceptors (Lipinski definition) is 6. The van der Waals surface area contributed by atoms with Crippen molar-refractivity contribution >= 4 is 22.5 Å². The van der Waals surface area contributed by atoms with E-state index in [-0.39, 0.29) is 0 Å². The van der Waals surface area contributed by atoms with E-state index in [9.17, 15) is 0 Å². The maximum atomic E-state index is 6.01. The minimum Gasteiger partial charge on any atom is -0.488 e. The van der Waals surface area contributed by atoms with Crippen molar-refractivity contribution in [2.45, 2.75) is 19.4 Å². The normalized spacial score (nSPS) is 14.7. The molecule has 3 heterocycles. The lowest BCUT2D eigenvalue weighted by Gasteiger charge is -2.17. The van der Waals surface area contributed by atoms with Gasteiger partial charge in [0.2, 0.25) is 0 Å². The zero-order valence-corrected chi connectivity index (χ0v) is 16.6. The van der Waals surface area contributed by atoms with Gasteiger partial charge < -0.3 is 10.5 Å². The molecule has 3 aromatic rings. The van der Waals surface area contributed by atoms with Gasteiger partial charge in [-0.1, -0.05) is 36.4 Å². The van der Waals surface area contributed by atoms with Gasteiger partial charge in [0.15, 0.2) is 5.13 Å². The Hall–Kier alpha value is -2.70. The highest BCUT2D eigenvalue weighted by molar-refractivity contribution is 7.15. The van der Waals surface area contributed by atoms with Crippen molar-refractivity contribution in [1.29, 1.82) is 0 Å². The van der Waals surface area contributed by atoms with Gasteiger partial charge in [-0.2, -0.15) is 0 Å². The summed E-state index contributed by atoms with van der Waals surface area (Å²) in [5.74, 6) is 0.889. The van der Waals surface area contributed by atoms with Gasteiger partial charge in [0.05, 0.1) is 5.69 Å². The summed E-state index contributed by atoms with van der Waals surface area (Å²) in [4.78, 5) is 12.4. The van der Waals surface area contributed by atoms with Crippen molar-refractivity contribution in [1.82, 2.24) is 14.9 Å². The zero-order chi connectivity index (χ0) is 19.2. The molecule has 0 aliphatic carbocycles. The highest BCUT2D eigenvalue weighted by Gasteiger charge is 2.16. The van der Waals surface area contributed by atoms with E-state index in [1.807, 2.05) is 36.5 Å². The number of nitrogens with zero attached hydrogens (tertiary/aromatic N) is 3. The van der Waals surface area contributed by atoms with Crippen LogP contribution in [0, 0.1) is 0 Å². The Labute approximate surface area is 169 Å². The van der Waals surface area contributed by atoms with E-state index < -0.39 is 0 Å². The third-order valence-electron chi connectivity index (χ3n) is 4.81. The molecule has 1 aromatic carbocycles. The van der Waals surface area contributed by atoms with E-state index >= 15 is 0 Å². The smallest absolute Gasteiger partial charge is 0.180 e. The lowest BCUT2D eigenvalue weighted by atomic mass is 10.2. The summed E-state index contributed by atoms with van der Waals surface area (Å²) in [6.45, 7) is 3.49. The molecule has 0 unspecified atom stereocenters. The molecule has 0 amide bonds. The van der Waals surface area contributed by atoms with Crippen LogP contribution in [0.3, 0.4) is 0 Å². The summed E-state index contributed by atoms with van der Waals surface area (Å²) in [5, 5.41) is 0.696. The van der Waals surface area contributed by atoms with Crippen molar-refractivity contribution in [3.63, 3.8) is 0 Å². The van der Waals surface area contributed by atoms with E-state index in [0.717, 1.165) is 49.4 Å². The Morgan fingerprint density at radius 1 is 1.14 bits per heavy atom. The van der Waals surface area contributed by atoms with Crippen LogP contribution in [0.1, 0.15) is 21.7 Å². The number of ether oxygens (including phenoxy) is 1. The van der Waals surface area contributed by atoms with Crippen molar-refractivity contribution < 1.29 is 4.74 Å². The minimum absolute atomic E-state index is 0.517. The maximum absolute atomic E-state index is 6.01. The fraction of sp³-hybridized carbons (Fsp3) is 0.273. The first-order valence-electron chi connectivity index (χ1n) is 9.51. The van der Waals surface area contributed by atoms with Gasteiger partial charge in [-0.3, -0.25) is 9.88 Å². The van der Waals surface area contributed by atoms with E-state index in [1.165, 1.54) is 10.6 Å². The second-order valence-corrected chi connectivity index (χ2v) is 7.93. The summed E-state index contributed by atoms with van der Waals surface area (Å²) < 4.78 is 6.01. The van der Waals surface area contributed by atoms with Crippen molar-refractivity contribution in [3.8, 4) is 5.75 Å². The van der Waals surface area contributed by atoms with Crippen molar-refractivity contribution in [3.05, 3.63) is 76.6 Å². The Balaban J connectivity index is 1.34. The number of benzene rings is 1. The quantitative estimate of drug-likeness (QED) is 0.691. The second-order valence-electron chi connectivity index (χ2n) is 6.81. The van der Waals surface area contributed by atoms with Crippen LogP contribution >= 0.6 is 11.3 Å². The summed E-state index contributed by atoms with van der Waals surface area (Å²) in [7, 11) is 0. The van der Waals surface area contributed by atoms with Gasteiger partial charge in [-0.25, -0.2) is 4.98 Å². The number of thiazole rings is 1. The molecule has 0 atom stereocenters. The molecule has 0 radical (unpaired) electrons. The summed E-state index contributed by atoms with van der Waals surface area (Å²) in [6, 6.07) is 12.1. The number of hydrogen-bond donors (Lipinski definition) is 1. The molecule has 0 spiro atoms. The Kier molecular flexibility index (Phi) is 5.99. The molecule has 28 heavy (non-hydrogen) atoms. The predicted molar refractivity (Wildman–Crippen MR) is 114 cm³/mol. The first-order valence-corrected chi connectivity index (χ1v) is 10.3. The number of aromatic nitrogens is 2.